The molecule has 0 bridgehead atoms. The molecule has 3 aromatic rings. The van der Waals surface area contributed by atoms with Gasteiger partial charge in [0.15, 0.2) is 11.3 Å². The predicted molar refractivity (Wildman–Crippen MR) is 81.9 cm³/mol. The van der Waals surface area contributed by atoms with Crippen LogP contribution in [0.2, 0.25) is 0 Å². The molecule has 0 saturated heterocycles. The fourth-order valence-corrected chi connectivity index (χ4v) is 2.12. The van der Waals surface area contributed by atoms with Crippen LogP contribution in [0.3, 0.4) is 0 Å². The Morgan fingerprint density at radius 3 is 2.82 bits per heavy atom. The number of para-hydroxylation sites is 2. The van der Waals surface area contributed by atoms with Crippen LogP contribution in [0.4, 0.5) is 5.69 Å². The van der Waals surface area contributed by atoms with Crippen LogP contribution < -0.4 is 4.74 Å². The zero-order valence-electron chi connectivity index (χ0n) is 12.0. The third-order valence-electron chi connectivity index (χ3n) is 3.16. The molecular weight excluding hydrogens is 284 g/mol. The average Bonchev–Trinajstić information content (AvgIpc) is 2.96. The second-order valence-corrected chi connectivity index (χ2v) is 4.77. The summed E-state index contributed by atoms with van der Waals surface area (Å²) in [5, 5.41) is 11.2. The second-order valence-electron chi connectivity index (χ2n) is 4.77. The maximum absolute atomic E-state index is 11.2. The molecule has 6 nitrogen and oxygen atoms in total. The minimum atomic E-state index is -0.461. The van der Waals surface area contributed by atoms with Gasteiger partial charge in [-0.15, -0.1) is 0 Å². The van der Waals surface area contributed by atoms with E-state index in [1.807, 2.05) is 25.1 Å². The third-order valence-corrected chi connectivity index (χ3v) is 3.16. The standard InChI is InChI=1S/C16H14N2O4/c1-2-9-21-15-8-7-11(10-13(15)18(19)20)16-17-12-5-3-4-6-14(12)22-16/h3-8,10H,2,9H2,1H3. The maximum Gasteiger partial charge on any atom is 0.311 e. The highest BCUT2D eigenvalue weighted by Gasteiger charge is 2.18. The Hall–Kier alpha value is -2.89. The van der Waals surface area contributed by atoms with Gasteiger partial charge in [-0.25, -0.2) is 4.98 Å². The Balaban J connectivity index is 2.03. The number of ether oxygens (including phenoxy) is 1. The Labute approximate surface area is 126 Å². The average molecular weight is 298 g/mol. The van der Waals surface area contributed by atoms with Crippen LogP contribution in [0.5, 0.6) is 5.75 Å². The number of oxazole rings is 1. The smallest absolute Gasteiger partial charge is 0.311 e. The zero-order chi connectivity index (χ0) is 15.5. The van der Waals surface area contributed by atoms with Gasteiger partial charge in [-0.3, -0.25) is 10.1 Å². The molecule has 112 valence electrons. The van der Waals surface area contributed by atoms with Gasteiger partial charge < -0.3 is 9.15 Å². The molecule has 0 saturated carbocycles. The zero-order valence-corrected chi connectivity index (χ0v) is 12.0. The molecule has 0 amide bonds. The van der Waals surface area contributed by atoms with E-state index in [2.05, 4.69) is 4.98 Å². The van der Waals surface area contributed by atoms with Gasteiger partial charge in [-0.1, -0.05) is 19.1 Å². The van der Waals surface area contributed by atoms with Crippen molar-refractivity contribution in [3.63, 3.8) is 0 Å². The van der Waals surface area contributed by atoms with Crippen LogP contribution >= 0.6 is 0 Å². The molecule has 6 heteroatoms. The van der Waals surface area contributed by atoms with Gasteiger partial charge in [-0.05, 0) is 30.7 Å². The van der Waals surface area contributed by atoms with Gasteiger partial charge in [0.05, 0.1) is 11.5 Å². The largest absolute Gasteiger partial charge is 0.487 e. The van der Waals surface area contributed by atoms with E-state index in [1.54, 1.807) is 18.2 Å². The summed E-state index contributed by atoms with van der Waals surface area (Å²) < 4.78 is 11.0. The van der Waals surface area contributed by atoms with Gasteiger partial charge in [0.2, 0.25) is 5.89 Å². The van der Waals surface area contributed by atoms with Gasteiger partial charge >= 0.3 is 5.69 Å². The van der Waals surface area contributed by atoms with Crippen LogP contribution in [-0.4, -0.2) is 16.5 Å². The minimum absolute atomic E-state index is 0.0896. The van der Waals surface area contributed by atoms with E-state index < -0.39 is 4.92 Å². The van der Waals surface area contributed by atoms with Crippen LogP contribution in [0.1, 0.15) is 13.3 Å². The summed E-state index contributed by atoms with van der Waals surface area (Å²) in [5.74, 6) is 0.609. The number of hydrogen-bond acceptors (Lipinski definition) is 5. The summed E-state index contributed by atoms with van der Waals surface area (Å²) in [7, 11) is 0. The lowest BCUT2D eigenvalue weighted by Crippen LogP contribution is -1.99. The fourth-order valence-electron chi connectivity index (χ4n) is 2.12. The van der Waals surface area contributed by atoms with Gasteiger partial charge in [0.1, 0.15) is 5.52 Å². The summed E-state index contributed by atoms with van der Waals surface area (Å²) in [6, 6.07) is 12.1. The molecule has 0 aliphatic carbocycles. The molecule has 2 aromatic carbocycles. The summed E-state index contributed by atoms with van der Waals surface area (Å²) >= 11 is 0. The molecule has 22 heavy (non-hydrogen) atoms. The van der Waals surface area contributed by atoms with E-state index in [0.29, 0.717) is 29.2 Å². The van der Waals surface area contributed by atoms with Crippen LogP contribution in [0.25, 0.3) is 22.6 Å². The molecule has 0 spiro atoms. The lowest BCUT2D eigenvalue weighted by Gasteiger charge is -2.05. The molecular formula is C16H14N2O4. The number of fused-ring (bicyclic) bond motifs is 1. The van der Waals surface area contributed by atoms with Crippen molar-refractivity contribution in [3.05, 3.63) is 52.6 Å². The van der Waals surface area contributed by atoms with E-state index in [-0.39, 0.29) is 11.4 Å². The van der Waals surface area contributed by atoms with Crippen molar-refractivity contribution in [1.82, 2.24) is 4.98 Å². The molecule has 0 unspecified atom stereocenters. The van der Waals surface area contributed by atoms with Gasteiger partial charge in [0, 0.05) is 11.6 Å². The van der Waals surface area contributed by atoms with Crippen LogP contribution in [0, 0.1) is 10.1 Å². The Kier molecular flexibility index (Phi) is 3.74. The number of nitro groups is 1. The summed E-state index contributed by atoms with van der Waals surface area (Å²) in [6.45, 7) is 2.38. The lowest BCUT2D eigenvalue weighted by molar-refractivity contribution is -0.385. The minimum Gasteiger partial charge on any atom is -0.487 e. The van der Waals surface area contributed by atoms with E-state index in [4.69, 9.17) is 9.15 Å². The topological polar surface area (TPSA) is 78.4 Å². The fraction of sp³-hybridized carbons (Fsp3) is 0.188. The van der Waals surface area contributed by atoms with Crippen molar-refractivity contribution in [2.75, 3.05) is 6.61 Å². The highest BCUT2D eigenvalue weighted by atomic mass is 16.6. The van der Waals surface area contributed by atoms with Crippen molar-refractivity contribution in [3.8, 4) is 17.2 Å². The van der Waals surface area contributed by atoms with Crippen molar-refractivity contribution in [2.24, 2.45) is 0 Å². The third kappa shape index (κ3) is 2.63. The SMILES string of the molecule is CCCOc1ccc(-c2nc3ccccc3o2)cc1[N+](=O)[O-]. The quantitative estimate of drug-likeness (QED) is 0.521. The number of aromatic nitrogens is 1. The van der Waals surface area contributed by atoms with Gasteiger partial charge in [0.25, 0.3) is 0 Å². The number of rotatable bonds is 5. The summed E-state index contributed by atoms with van der Waals surface area (Å²) in [4.78, 5) is 15.1. The Morgan fingerprint density at radius 1 is 1.27 bits per heavy atom. The van der Waals surface area contributed by atoms with E-state index in [0.717, 1.165) is 6.42 Å². The molecule has 0 atom stereocenters. The molecule has 0 N–H and O–H groups in total. The Morgan fingerprint density at radius 2 is 2.09 bits per heavy atom. The summed E-state index contributed by atoms with van der Waals surface area (Å²) in [5.41, 5.74) is 1.82. The van der Waals surface area contributed by atoms with Gasteiger partial charge in [-0.2, -0.15) is 0 Å². The van der Waals surface area contributed by atoms with E-state index >= 15 is 0 Å². The normalized spacial score (nSPS) is 10.8. The molecule has 1 heterocycles. The first-order chi connectivity index (χ1) is 10.7. The monoisotopic (exact) mass is 298 g/mol. The molecule has 0 radical (unpaired) electrons. The van der Waals surface area contributed by atoms with Crippen molar-refractivity contribution >= 4 is 16.8 Å². The van der Waals surface area contributed by atoms with Crippen LogP contribution in [-0.2, 0) is 0 Å². The van der Waals surface area contributed by atoms with E-state index in [9.17, 15) is 10.1 Å². The molecule has 0 aliphatic heterocycles. The van der Waals surface area contributed by atoms with E-state index in [1.165, 1.54) is 6.07 Å². The highest BCUT2D eigenvalue weighted by molar-refractivity contribution is 5.76. The number of nitro benzene ring substituents is 1. The first kappa shape index (κ1) is 14.1. The molecule has 0 aliphatic rings. The number of hydrogen-bond donors (Lipinski definition) is 0. The molecule has 0 fully saturated rings. The Bertz CT molecular complexity index is 793. The van der Waals surface area contributed by atoms with Crippen molar-refractivity contribution < 1.29 is 14.1 Å². The van der Waals surface area contributed by atoms with Crippen molar-refractivity contribution in [1.29, 1.82) is 0 Å². The number of nitrogens with zero attached hydrogens (tertiary/aromatic N) is 2. The predicted octanol–water partition coefficient (Wildman–Crippen LogP) is 4.19. The lowest BCUT2D eigenvalue weighted by atomic mass is 10.2. The molecule has 3 rings (SSSR count). The maximum atomic E-state index is 11.2. The number of benzene rings is 2. The van der Waals surface area contributed by atoms with Crippen LogP contribution in [0.15, 0.2) is 46.9 Å². The summed E-state index contributed by atoms with van der Waals surface area (Å²) in [6.07, 6.45) is 0.782. The highest BCUT2D eigenvalue weighted by Crippen LogP contribution is 2.33. The molecule has 1 aromatic heterocycles. The first-order valence-electron chi connectivity index (χ1n) is 6.96. The second kappa shape index (κ2) is 5.85. The first-order valence-corrected chi connectivity index (χ1v) is 6.96. The van der Waals surface area contributed by atoms with Crippen molar-refractivity contribution in [2.45, 2.75) is 13.3 Å².